The monoisotopic (exact) mass is 313 g/mol. The summed E-state index contributed by atoms with van der Waals surface area (Å²) >= 11 is 7.40. The minimum atomic E-state index is 0.722. The molecule has 0 amide bonds. The van der Waals surface area contributed by atoms with Crippen LogP contribution in [0.2, 0.25) is 5.02 Å². The Morgan fingerprint density at radius 2 is 1.81 bits per heavy atom. The number of hydrazone groups is 1. The number of nitrogens with zero attached hydrogens (tertiary/aromatic N) is 2. The van der Waals surface area contributed by atoms with Gasteiger partial charge in [-0.25, -0.2) is 4.98 Å². The van der Waals surface area contributed by atoms with E-state index in [1.807, 2.05) is 60.0 Å². The molecule has 1 heterocycles. The van der Waals surface area contributed by atoms with Crippen molar-refractivity contribution >= 4 is 34.3 Å². The van der Waals surface area contributed by atoms with Crippen LogP contribution in [0.5, 0.6) is 0 Å². The van der Waals surface area contributed by atoms with E-state index in [0.717, 1.165) is 27.0 Å². The third-order valence-corrected chi connectivity index (χ3v) is 3.82. The summed E-state index contributed by atoms with van der Waals surface area (Å²) in [6, 6.07) is 17.5. The summed E-state index contributed by atoms with van der Waals surface area (Å²) in [5.41, 5.74) is 5.94. The van der Waals surface area contributed by atoms with Crippen molar-refractivity contribution in [2.75, 3.05) is 5.43 Å². The van der Waals surface area contributed by atoms with E-state index in [1.165, 1.54) is 11.3 Å². The predicted octanol–water partition coefficient (Wildman–Crippen LogP) is 4.91. The highest BCUT2D eigenvalue weighted by Crippen LogP contribution is 2.25. The normalized spacial score (nSPS) is 10.9. The summed E-state index contributed by atoms with van der Waals surface area (Å²) in [6.45, 7) is 0. The van der Waals surface area contributed by atoms with Gasteiger partial charge in [-0.1, -0.05) is 54.1 Å². The largest absolute Gasteiger partial charge is 0.253 e. The van der Waals surface area contributed by atoms with Gasteiger partial charge >= 0.3 is 0 Å². The SMILES string of the molecule is Clc1ccc(-c2csc(N/N=C\c3ccccc3)n2)cc1. The summed E-state index contributed by atoms with van der Waals surface area (Å²) in [5, 5.41) is 7.65. The van der Waals surface area contributed by atoms with Crippen LogP contribution in [0.15, 0.2) is 65.1 Å². The van der Waals surface area contributed by atoms with Crippen molar-refractivity contribution in [2.45, 2.75) is 0 Å². The van der Waals surface area contributed by atoms with Crippen molar-refractivity contribution in [3.8, 4) is 11.3 Å². The maximum absolute atomic E-state index is 5.88. The second-order valence-electron chi connectivity index (χ2n) is 4.33. The van der Waals surface area contributed by atoms with Crippen LogP contribution in [0.4, 0.5) is 5.13 Å². The second-order valence-corrected chi connectivity index (χ2v) is 5.62. The maximum atomic E-state index is 5.88. The lowest BCUT2D eigenvalue weighted by Crippen LogP contribution is -1.89. The summed E-state index contributed by atoms with van der Waals surface area (Å²) in [6.07, 6.45) is 1.77. The molecule has 3 rings (SSSR count). The molecule has 5 heteroatoms. The molecule has 0 aliphatic rings. The number of hydrogen-bond acceptors (Lipinski definition) is 4. The maximum Gasteiger partial charge on any atom is 0.203 e. The molecule has 0 atom stereocenters. The Bertz CT molecular complexity index is 736. The van der Waals surface area contributed by atoms with Crippen LogP contribution in [0.1, 0.15) is 5.56 Å². The van der Waals surface area contributed by atoms with Gasteiger partial charge in [-0.05, 0) is 17.7 Å². The van der Waals surface area contributed by atoms with Crippen molar-refractivity contribution in [1.82, 2.24) is 4.98 Å². The van der Waals surface area contributed by atoms with Crippen molar-refractivity contribution in [3.63, 3.8) is 0 Å². The first-order valence-electron chi connectivity index (χ1n) is 6.37. The molecule has 3 aromatic rings. The van der Waals surface area contributed by atoms with E-state index >= 15 is 0 Å². The molecule has 0 saturated carbocycles. The molecule has 3 nitrogen and oxygen atoms in total. The molecule has 0 saturated heterocycles. The summed E-state index contributed by atoms with van der Waals surface area (Å²) in [7, 11) is 0. The van der Waals surface area contributed by atoms with Gasteiger partial charge in [0.1, 0.15) is 0 Å². The first-order valence-corrected chi connectivity index (χ1v) is 7.62. The van der Waals surface area contributed by atoms with Gasteiger partial charge in [-0.15, -0.1) is 11.3 Å². The lowest BCUT2D eigenvalue weighted by molar-refractivity contribution is 1.29. The Morgan fingerprint density at radius 3 is 2.57 bits per heavy atom. The van der Waals surface area contributed by atoms with Gasteiger partial charge in [0, 0.05) is 16.0 Å². The van der Waals surface area contributed by atoms with Crippen LogP contribution >= 0.6 is 22.9 Å². The van der Waals surface area contributed by atoms with Crippen LogP contribution in [-0.4, -0.2) is 11.2 Å². The third-order valence-electron chi connectivity index (χ3n) is 2.82. The van der Waals surface area contributed by atoms with E-state index < -0.39 is 0 Å². The number of benzene rings is 2. The van der Waals surface area contributed by atoms with Gasteiger partial charge in [0.05, 0.1) is 11.9 Å². The highest BCUT2D eigenvalue weighted by molar-refractivity contribution is 7.14. The number of halogens is 1. The smallest absolute Gasteiger partial charge is 0.203 e. The van der Waals surface area contributed by atoms with E-state index in [9.17, 15) is 0 Å². The number of anilines is 1. The minimum absolute atomic E-state index is 0.722. The van der Waals surface area contributed by atoms with E-state index in [1.54, 1.807) is 6.21 Å². The molecule has 0 unspecified atom stereocenters. The van der Waals surface area contributed by atoms with Crippen LogP contribution < -0.4 is 5.43 Å². The molecule has 0 aliphatic heterocycles. The Kier molecular flexibility index (Phi) is 4.28. The highest BCUT2D eigenvalue weighted by Gasteiger charge is 2.03. The molecule has 0 spiro atoms. The minimum Gasteiger partial charge on any atom is -0.253 e. The summed E-state index contributed by atoms with van der Waals surface area (Å²) in [4.78, 5) is 4.49. The molecular formula is C16H12ClN3S. The Morgan fingerprint density at radius 1 is 1.05 bits per heavy atom. The van der Waals surface area contributed by atoms with Gasteiger partial charge in [0.2, 0.25) is 5.13 Å². The number of hydrogen-bond donors (Lipinski definition) is 1. The molecule has 104 valence electrons. The average molecular weight is 314 g/mol. The van der Waals surface area contributed by atoms with Crippen molar-refractivity contribution in [1.29, 1.82) is 0 Å². The molecular weight excluding hydrogens is 302 g/mol. The first kappa shape index (κ1) is 13.8. The zero-order chi connectivity index (χ0) is 14.5. The van der Waals surface area contributed by atoms with Crippen molar-refractivity contribution < 1.29 is 0 Å². The molecule has 21 heavy (non-hydrogen) atoms. The molecule has 1 aromatic heterocycles. The number of thiazole rings is 1. The van der Waals surface area contributed by atoms with Gasteiger partial charge in [-0.3, -0.25) is 5.43 Å². The fraction of sp³-hybridized carbons (Fsp3) is 0. The lowest BCUT2D eigenvalue weighted by atomic mass is 10.2. The Hall–Kier alpha value is -2.17. The van der Waals surface area contributed by atoms with Crippen LogP contribution in [0, 0.1) is 0 Å². The van der Waals surface area contributed by atoms with E-state index in [0.29, 0.717) is 0 Å². The predicted molar refractivity (Wildman–Crippen MR) is 90.2 cm³/mol. The second kappa shape index (κ2) is 6.52. The van der Waals surface area contributed by atoms with Crippen LogP contribution in [0.25, 0.3) is 11.3 Å². The fourth-order valence-electron chi connectivity index (χ4n) is 1.78. The average Bonchev–Trinajstić information content (AvgIpc) is 2.98. The van der Waals surface area contributed by atoms with Crippen LogP contribution in [-0.2, 0) is 0 Å². The van der Waals surface area contributed by atoms with Gasteiger partial charge < -0.3 is 0 Å². The van der Waals surface area contributed by atoms with E-state index in [-0.39, 0.29) is 0 Å². The quantitative estimate of drug-likeness (QED) is 0.549. The molecule has 0 bridgehead atoms. The third kappa shape index (κ3) is 3.68. The molecule has 1 N–H and O–H groups in total. The van der Waals surface area contributed by atoms with Gasteiger partial charge in [-0.2, -0.15) is 5.10 Å². The fourth-order valence-corrected chi connectivity index (χ4v) is 2.57. The van der Waals surface area contributed by atoms with E-state index in [2.05, 4.69) is 15.5 Å². The molecule has 0 radical (unpaired) electrons. The summed E-state index contributed by atoms with van der Waals surface area (Å²) < 4.78 is 0. The van der Waals surface area contributed by atoms with Crippen molar-refractivity contribution in [2.24, 2.45) is 5.10 Å². The highest BCUT2D eigenvalue weighted by atomic mass is 35.5. The van der Waals surface area contributed by atoms with Crippen molar-refractivity contribution in [3.05, 3.63) is 70.6 Å². The number of aromatic nitrogens is 1. The zero-order valence-corrected chi connectivity index (χ0v) is 12.6. The Labute approximate surface area is 131 Å². The van der Waals surface area contributed by atoms with Gasteiger partial charge in [0.25, 0.3) is 0 Å². The zero-order valence-electron chi connectivity index (χ0n) is 11.0. The molecule has 0 fully saturated rings. The van der Waals surface area contributed by atoms with Gasteiger partial charge in [0.15, 0.2) is 0 Å². The van der Waals surface area contributed by atoms with E-state index in [4.69, 9.17) is 11.6 Å². The number of rotatable bonds is 4. The lowest BCUT2D eigenvalue weighted by Gasteiger charge is -1.96. The molecule has 2 aromatic carbocycles. The molecule has 0 aliphatic carbocycles. The summed E-state index contributed by atoms with van der Waals surface area (Å²) in [5.74, 6) is 0. The first-order chi connectivity index (χ1) is 10.3. The topological polar surface area (TPSA) is 37.3 Å². The number of nitrogens with one attached hydrogen (secondary N) is 1. The Balaban J connectivity index is 1.68. The standard InChI is InChI=1S/C16H12ClN3S/c17-14-8-6-13(7-9-14)15-11-21-16(19-15)20-18-10-12-4-2-1-3-5-12/h1-11H,(H,19,20)/b18-10-. The van der Waals surface area contributed by atoms with Crippen LogP contribution in [0.3, 0.4) is 0 Å².